The zero-order valence-corrected chi connectivity index (χ0v) is 12.8. The summed E-state index contributed by atoms with van der Waals surface area (Å²) in [4.78, 5) is 1.27. The Morgan fingerprint density at radius 1 is 1.27 bits per heavy atom. The predicted molar refractivity (Wildman–Crippen MR) is 84.2 cm³/mol. The molecular weight excluding hydrogens is 298 g/mol. The van der Waals surface area contributed by atoms with Gasteiger partial charge < -0.3 is 10.1 Å². The lowest BCUT2D eigenvalue weighted by atomic mass is 9.97. The Balaban J connectivity index is 1.68. The molecule has 0 spiro atoms. The fraction of sp³-hybridized carbons (Fsp3) is 0.267. The highest BCUT2D eigenvalue weighted by atomic mass is 32.1. The summed E-state index contributed by atoms with van der Waals surface area (Å²) in [6.07, 6.45) is 0.908. The second kappa shape index (κ2) is 5.42. The van der Waals surface area contributed by atoms with Crippen molar-refractivity contribution in [2.24, 2.45) is 0 Å². The molecule has 0 fully saturated rings. The largest absolute Gasteiger partial charge is 0.497 e. The molecule has 2 atom stereocenters. The lowest BCUT2D eigenvalue weighted by Crippen LogP contribution is -2.27. The average Bonchev–Trinajstić information content (AvgIpc) is 3.25. The number of nitrogens with one attached hydrogen (secondary N) is 1. The fourth-order valence-corrected chi connectivity index (χ4v) is 3.63. The monoisotopic (exact) mass is 313 g/mol. The van der Waals surface area contributed by atoms with Gasteiger partial charge in [0.2, 0.25) is 5.95 Å². The molecule has 1 aliphatic rings. The fourth-order valence-electron chi connectivity index (χ4n) is 2.81. The van der Waals surface area contributed by atoms with Gasteiger partial charge in [0.1, 0.15) is 5.75 Å². The van der Waals surface area contributed by atoms with E-state index in [1.165, 1.54) is 10.4 Å². The maximum Gasteiger partial charge on any atom is 0.244 e. The second-order valence-electron chi connectivity index (χ2n) is 5.18. The van der Waals surface area contributed by atoms with Crippen LogP contribution in [0.3, 0.4) is 0 Å². The standard InChI is InChI=1S/C15H15N5OS/c1-21-11-6-4-10(5-7-11)12-9-13(14-3-2-8-22-14)20-15(16-12)17-18-19-20/h2-8,12-13H,9H2,1H3,(H,16,17,19)/t12-,13+/m0/s1. The zero-order chi connectivity index (χ0) is 14.9. The van der Waals surface area contributed by atoms with Crippen LogP contribution in [0.4, 0.5) is 5.95 Å². The van der Waals surface area contributed by atoms with E-state index in [-0.39, 0.29) is 12.1 Å². The number of anilines is 1. The molecule has 22 heavy (non-hydrogen) atoms. The minimum Gasteiger partial charge on any atom is -0.497 e. The number of methoxy groups -OCH3 is 1. The van der Waals surface area contributed by atoms with E-state index in [9.17, 15) is 0 Å². The molecule has 7 heteroatoms. The van der Waals surface area contributed by atoms with Gasteiger partial charge in [-0.15, -0.1) is 11.3 Å². The highest BCUT2D eigenvalue weighted by molar-refractivity contribution is 7.10. The van der Waals surface area contributed by atoms with Gasteiger partial charge in [0.25, 0.3) is 0 Å². The number of hydrogen-bond donors (Lipinski definition) is 1. The van der Waals surface area contributed by atoms with Crippen LogP contribution in [0.5, 0.6) is 5.75 Å². The predicted octanol–water partition coefficient (Wildman–Crippen LogP) is 2.89. The van der Waals surface area contributed by atoms with Crippen LogP contribution in [0.15, 0.2) is 41.8 Å². The molecule has 4 rings (SSSR count). The van der Waals surface area contributed by atoms with Crippen LogP contribution in [-0.2, 0) is 0 Å². The topological polar surface area (TPSA) is 64.9 Å². The number of hydrogen-bond acceptors (Lipinski definition) is 6. The molecule has 1 aromatic carbocycles. The van der Waals surface area contributed by atoms with Crippen LogP contribution in [-0.4, -0.2) is 27.3 Å². The number of thiophene rings is 1. The minimum atomic E-state index is 0.165. The molecule has 6 nitrogen and oxygen atoms in total. The van der Waals surface area contributed by atoms with Crippen LogP contribution in [0.2, 0.25) is 0 Å². The number of aromatic nitrogens is 4. The molecule has 0 unspecified atom stereocenters. The quantitative estimate of drug-likeness (QED) is 0.805. The Morgan fingerprint density at radius 3 is 2.86 bits per heavy atom. The van der Waals surface area contributed by atoms with Crippen molar-refractivity contribution in [2.75, 3.05) is 12.4 Å². The van der Waals surface area contributed by atoms with Gasteiger partial charge in [-0.2, -0.15) is 0 Å². The molecule has 0 amide bonds. The van der Waals surface area contributed by atoms with Crippen molar-refractivity contribution in [1.82, 2.24) is 20.2 Å². The van der Waals surface area contributed by atoms with E-state index in [2.05, 4.69) is 50.5 Å². The van der Waals surface area contributed by atoms with Gasteiger partial charge in [-0.25, -0.2) is 4.68 Å². The maximum absolute atomic E-state index is 5.23. The molecule has 0 saturated heterocycles. The Hall–Kier alpha value is -2.41. The van der Waals surface area contributed by atoms with E-state index >= 15 is 0 Å². The van der Waals surface area contributed by atoms with Crippen LogP contribution >= 0.6 is 11.3 Å². The molecule has 1 N–H and O–H groups in total. The third-order valence-electron chi connectivity index (χ3n) is 3.94. The van der Waals surface area contributed by atoms with Crippen molar-refractivity contribution < 1.29 is 4.74 Å². The molecule has 2 aromatic heterocycles. The smallest absolute Gasteiger partial charge is 0.244 e. The molecule has 3 heterocycles. The third-order valence-corrected chi connectivity index (χ3v) is 4.91. The number of tetrazole rings is 1. The Kier molecular flexibility index (Phi) is 3.27. The summed E-state index contributed by atoms with van der Waals surface area (Å²) < 4.78 is 7.09. The van der Waals surface area contributed by atoms with Crippen molar-refractivity contribution in [3.8, 4) is 5.75 Å². The Bertz CT molecular complexity index is 753. The summed E-state index contributed by atoms with van der Waals surface area (Å²) in [5.74, 6) is 1.57. The highest BCUT2D eigenvalue weighted by Gasteiger charge is 2.31. The molecule has 0 radical (unpaired) electrons. The molecule has 0 bridgehead atoms. The summed E-state index contributed by atoms with van der Waals surface area (Å²) in [5.41, 5.74) is 1.21. The lowest BCUT2D eigenvalue weighted by molar-refractivity contribution is 0.413. The zero-order valence-electron chi connectivity index (χ0n) is 12.0. The number of fused-ring (bicyclic) bond motifs is 1. The van der Waals surface area contributed by atoms with Crippen molar-refractivity contribution in [1.29, 1.82) is 0 Å². The van der Waals surface area contributed by atoms with Gasteiger partial charge in [-0.3, -0.25) is 0 Å². The normalized spacial score (nSPS) is 20.2. The van der Waals surface area contributed by atoms with Gasteiger partial charge in [0.15, 0.2) is 0 Å². The minimum absolute atomic E-state index is 0.165. The van der Waals surface area contributed by atoms with E-state index in [1.54, 1.807) is 18.4 Å². The van der Waals surface area contributed by atoms with E-state index in [0.717, 1.165) is 12.2 Å². The molecular formula is C15H15N5OS. The molecule has 0 saturated carbocycles. The molecule has 0 aliphatic carbocycles. The number of ether oxygens (including phenoxy) is 1. The molecule has 3 aromatic rings. The van der Waals surface area contributed by atoms with Crippen LogP contribution in [0, 0.1) is 0 Å². The van der Waals surface area contributed by atoms with Crippen molar-refractivity contribution in [3.05, 3.63) is 52.2 Å². The van der Waals surface area contributed by atoms with Gasteiger partial charge in [0, 0.05) is 4.88 Å². The Labute approximate surface area is 131 Å². The summed E-state index contributed by atoms with van der Waals surface area (Å²) in [5, 5.41) is 17.5. The number of rotatable bonds is 3. The Morgan fingerprint density at radius 2 is 2.14 bits per heavy atom. The van der Waals surface area contributed by atoms with Crippen molar-refractivity contribution in [3.63, 3.8) is 0 Å². The number of nitrogens with zero attached hydrogens (tertiary/aromatic N) is 4. The van der Waals surface area contributed by atoms with E-state index in [1.807, 2.05) is 16.8 Å². The average molecular weight is 313 g/mol. The summed E-state index contributed by atoms with van der Waals surface area (Å²) in [6, 6.07) is 12.7. The first-order valence-corrected chi connectivity index (χ1v) is 7.95. The van der Waals surface area contributed by atoms with Crippen molar-refractivity contribution >= 4 is 17.3 Å². The van der Waals surface area contributed by atoms with Gasteiger partial charge >= 0.3 is 0 Å². The SMILES string of the molecule is COc1ccc([C@@H]2C[C@H](c3cccs3)n3nnnc3N2)cc1. The van der Waals surface area contributed by atoms with Crippen LogP contribution in [0.1, 0.15) is 28.9 Å². The van der Waals surface area contributed by atoms with Crippen molar-refractivity contribution in [2.45, 2.75) is 18.5 Å². The molecule has 112 valence electrons. The maximum atomic E-state index is 5.23. The van der Waals surface area contributed by atoms with E-state index in [4.69, 9.17) is 4.74 Å². The first kappa shape index (κ1) is 13.3. The highest BCUT2D eigenvalue weighted by Crippen LogP contribution is 2.38. The van der Waals surface area contributed by atoms with Crippen LogP contribution < -0.4 is 10.1 Å². The first-order chi connectivity index (χ1) is 10.8. The van der Waals surface area contributed by atoms with E-state index < -0.39 is 0 Å². The second-order valence-corrected chi connectivity index (χ2v) is 6.16. The van der Waals surface area contributed by atoms with Crippen LogP contribution in [0.25, 0.3) is 0 Å². The third kappa shape index (κ3) is 2.23. The summed E-state index contributed by atoms with van der Waals surface area (Å²) in [6.45, 7) is 0. The summed E-state index contributed by atoms with van der Waals surface area (Å²) in [7, 11) is 1.68. The van der Waals surface area contributed by atoms with Gasteiger partial charge in [-0.05, 0) is 46.0 Å². The molecule has 1 aliphatic heterocycles. The first-order valence-electron chi connectivity index (χ1n) is 7.07. The van der Waals surface area contributed by atoms with Gasteiger partial charge in [-0.1, -0.05) is 23.3 Å². The van der Waals surface area contributed by atoms with E-state index in [0.29, 0.717) is 5.95 Å². The number of benzene rings is 1. The lowest BCUT2D eigenvalue weighted by Gasteiger charge is -2.30. The van der Waals surface area contributed by atoms with Gasteiger partial charge in [0.05, 0.1) is 19.2 Å². The summed E-state index contributed by atoms with van der Waals surface area (Å²) >= 11 is 1.74.